The van der Waals surface area contributed by atoms with Crippen LogP contribution in [0.3, 0.4) is 0 Å². The summed E-state index contributed by atoms with van der Waals surface area (Å²) < 4.78 is 40.3. The van der Waals surface area contributed by atoms with Gasteiger partial charge in [-0.1, -0.05) is 90.0 Å². The Kier molecular flexibility index (Phi) is 11.0. The number of aliphatic imine (C=N–C) groups is 1. The van der Waals surface area contributed by atoms with E-state index in [2.05, 4.69) is 20.9 Å². The van der Waals surface area contributed by atoms with Gasteiger partial charge >= 0.3 is 0 Å². The quantitative estimate of drug-likeness (QED) is 0.0361. The molecule has 2 atom stereocenters. The van der Waals surface area contributed by atoms with Crippen molar-refractivity contribution < 1.29 is 28.2 Å². The van der Waals surface area contributed by atoms with E-state index in [9.17, 15) is 19.1 Å². The first kappa shape index (κ1) is 34.8. The van der Waals surface area contributed by atoms with E-state index < -0.39 is 29.2 Å². The summed E-state index contributed by atoms with van der Waals surface area (Å²) in [6, 6.07) is 34.6. The van der Waals surface area contributed by atoms with Crippen molar-refractivity contribution in [1.82, 2.24) is 10.9 Å². The van der Waals surface area contributed by atoms with Gasteiger partial charge in [0.2, 0.25) is 5.90 Å². The van der Waals surface area contributed by atoms with Crippen LogP contribution in [0, 0.1) is 11.6 Å². The number of azide groups is 1. The molecule has 12 heteroatoms. The van der Waals surface area contributed by atoms with Crippen LogP contribution in [-0.2, 0) is 22.5 Å². The second kappa shape index (κ2) is 16.1. The third kappa shape index (κ3) is 8.05. The summed E-state index contributed by atoms with van der Waals surface area (Å²) in [5, 5.41) is 13.0. The molecule has 0 fully saturated rings. The number of nitrogens with zero attached hydrogens (tertiary/aromatic N) is 4. The molecule has 258 valence electrons. The number of nitrogens with one attached hydrogen (secondary N) is 2. The Balaban J connectivity index is 1.41. The lowest BCUT2D eigenvalue weighted by molar-refractivity contribution is -0.130. The van der Waals surface area contributed by atoms with E-state index in [1.807, 2.05) is 54.6 Å². The number of aliphatic hydroxyl groups is 1. The van der Waals surface area contributed by atoms with Gasteiger partial charge in [0.05, 0.1) is 6.61 Å². The highest BCUT2D eigenvalue weighted by atomic mass is 19.1. The molecule has 51 heavy (non-hydrogen) atoms. The molecule has 5 aromatic rings. The van der Waals surface area contributed by atoms with Crippen molar-refractivity contribution >= 4 is 17.5 Å². The number of hydrazine groups is 1. The smallest absolute Gasteiger partial charge is 0.266 e. The van der Waals surface area contributed by atoms with Crippen molar-refractivity contribution in [3.8, 4) is 16.9 Å². The minimum Gasteiger partial charge on any atom is -0.494 e. The molecule has 3 N–H and O–H groups in total. The van der Waals surface area contributed by atoms with Gasteiger partial charge in [-0.15, -0.1) is 0 Å². The highest BCUT2D eigenvalue weighted by Gasteiger charge is 2.53. The molecule has 0 bridgehead atoms. The highest BCUT2D eigenvalue weighted by molar-refractivity contribution is 6.01. The van der Waals surface area contributed by atoms with Gasteiger partial charge in [0.1, 0.15) is 17.4 Å². The van der Waals surface area contributed by atoms with Gasteiger partial charge in [-0.05, 0) is 58.1 Å². The Labute approximate surface area is 293 Å². The lowest BCUT2D eigenvalue weighted by Crippen LogP contribution is -2.53. The van der Waals surface area contributed by atoms with Crippen molar-refractivity contribution in [1.29, 1.82) is 0 Å². The van der Waals surface area contributed by atoms with Crippen molar-refractivity contribution in [3.63, 3.8) is 0 Å². The number of carbonyl (C=O) groups is 1. The molecule has 0 unspecified atom stereocenters. The zero-order valence-electron chi connectivity index (χ0n) is 27.4. The molecule has 5 aromatic carbocycles. The Bertz CT molecular complexity index is 2060. The van der Waals surface area contributed by atoms with Crippen LogP contribution in [-0.4, -0.2) is 35.7 Å². The number of rotatable bonds is 14. The third-order valence-electron chi connectivity index (χ3n) is 8.45. The predicted molar refractivity (Wildman–Crippen MR) is 189 cm³/mol. The first-order valence-corrected chi connectivity index (χ1v) is 16.3. The van der Waals surface area contributed by atoms with Gasteiger partial charge in [-0.25, -0.2) is 19.2 Å². The van der Waals surface area contributed by atoms with Crippen molar-refractivity contribution in [3.05, 3.63) is 166 Å². The summed E-state index contributed by atoms with van der Waals surface area (Å²) >= 11 is 0. The molecule has 1 aliphatic rings. The first-order valence-electron chi connectivity index (χ1n) is 16.3. The summed E-state index contributed by atoms with van der Waals surface area (Å²) in [7, 11) is 0. The van der Waals surface area contributed by atoms with Crippen molar-refractivity contribution in [2.24, 2.45) is 10.1 Å². The topological polar surface area (TPSA) is 141 Å². The number of benzene rings is 5. The van der Waals surface area contributed by atoms with Gasteiger partial charge in [-0.2, -0.15) is 0 Å². The molecule has 0 spiro atoms. The average Bonchev–Trinajstić information content (AvgIpc) is 3.54. The number of hydrogen-bond acceptors (Lipinski definition) is 7. The normalized spacial score (nSPS) is 16.5. The largest absolute Gasteiger partial charge is 0.494 e. The fourth-order valence-electron chi connectivity index (χ4n) is 5.85. The summed E-state index contributed by atoms with van der Waals surface area (Å²) in [6.45, 7) is 0.211. The maximum absolute atomic E-state index is 14.6. The minimum absolute atomic E-state index is 0.0110. The van der Waals surface area contributed by atoms with Crippen LogP contribution in [0.15, 0.2) is 131 Å². The van der Waals surface area contributed by atoms with Crippen LogP contribution in [0.5, 0.6) is 5.75 Å². The Morgan fingerprint density at radius 3 is 2.33 bits per heavy atom. The maximum Gasteiger partial charge on any atom is 0.266 e. The number of halogens is 2. The van der Waals surface area contributed by atoms with E-state index in [0.29, 0.717) is 41.2 Å². The van der Waals surface area contributed by atoms with Crippen LogP contribution in [0.25, 0.3) is 21.6 Å². The average molecular weight is 689 g/mol. The summed E-state index contributed by atoms with van der Waals surface area (Å²) in [6.07, 6.45) is -0.530. The van der Waals surface area contributed by atoms with E-state index in [1.54, 1.807) is 48.5 Å². The molecular formula is C39H34F2N6O4. The zero-order valence-corrected chi connectivity index (χ0v) is 27.4. The summed E-state index contributed by atoms with van der Waals surface area (Å²) in [5.74, 6) is -1.30. The van der Waals surface area contributed by atoms with Crippen LogP contribution >= 0.6 is 0 Å². The predicted octanol–water partition coefficient (Wildman–Crippen LogP) is 7.66. The second-order valence-electron chi connectivity index (χ2n) is 11.8. The van der Waals surface area contributed by atoms with Crippen LogP contribution < -0.4 is 15.6 Å². The summed E-state index contributed by atoms with van der Waals surface area (Å²) in [5.41, 5.74) is 17.3. The first-order chi connectivity index (χ1) is 24.9. The van der Waals surface area contributed by atoms with E-state index >= 15 is 0 Å². The number of ether oxygens (including phenoxy) is 2. The van der Waals surface area contributed by atoms with Crippen molar-refractivity contribution in [2.75, 3.05) is 13.2 Å². The van der Waals surface area contributed by atoms with Gasteiger partial charge in [0, 0.05) is 53.8 Å². The molecule has 0 saturated carbocycles. The molecule has 0 aliphatic carbocycles. The van der Waals surface area contributed by atoms with Gasteiger partial charge in [0.25, 0.3) is 5.91 Å². The fraction of sp³-hybridized carbons (Fsp3) is 0.179. The van der Waals surface area contributed by atoms with Crippen LogP contribution in [0.4, 0.5) is 14.5 Å². The molecule has 0 radical (unpaired) electrons. The third-order valence-corrected chi connectivity index (χ3v) is 8.45. The van der Waals surface area contributed by atoms with Crippen LogP contribution in [0.2, 0.25) is 0 Å². The Morgan fingerprint density at radius 1 is 0.902 bits per heavy atom. The Morgan fingerprint density at radius 2 is 1.61 bits per heavy atom. The number of hydrogen-bond donors (Lipinski definition) is 3. The standard InChI is InChI=1S/C39H34F2N6O4/c40-32-18-15-31(34(41)23-32)25-43-46-38(49)39(24-30-9-4-5-10-35(30)45-47-42)36(28-13-11-27(12-14-28)26-7-2-1-3-8-26)51-37(44-39)29-16-19-33(20-17-29)50-22-6-21-48/h1-5,7-20,23,36,43,48H,6,21-22,24-25H2,(H,46,49)/t36-,39-/m0/s1. The second-order valence-corrected chi connectivity index (χ2v) is 11.8. The van der Waals surface area contributed by atoms with Gasteiger partial charge < -0.3 is 14.6 Å². The molecule has 1 heterocycles. The molecular weight excluding hydrogens is 654 g/mol. The zero-order chi connectivity index (χ0) is 35.6. The molecule has 1 aliphatic heterocycles. The van der Waals surface area contributed by atoms with E-state index in [0.717, 1.165) is 23.3 Å². The van der Waals surface area contributed by atoms with E-state index in [4.69, 9.17) is 19.6 Å². The summed E-state index contributed by atoms with van der Waals surface area (Å²) in [4.78, 5) is 22.5. The van der Waals surface area contributed by atoms with Crippen LogP contribution in [0.1, 0.15) is 34.8 Å². The number of carbonyl (C=O) groups excluding carboxylic acids is 1. The van der Waals surface area contributed by atoms with E-state index in [-0.39, 0.29) is 31.0 Å². The van der Waals surface area contributed by atoms with Gasteiger partial charge in [0.15, 0.2) is 11.6 Å². The number of amides is 1. The highest BCUT2D eigenvalue weighted by Crippen LogP contribution is 2.44. The lowest BCUT2D eigenvalue weighted by Gasteiger charge is -2.31. The SMILES string of the molecule is [N-]=[N+]=Nc1ccccc1C[C@]1(C(=O)NNCc2ccc(F)cc2F)N=C(c2ccc(OCCCO)cc2)O[C@H]1c1ccc(-c2ccccc2)cc1. The van der Waals surface area contributed by atoms with E-state index in [1.165, 1.54) is 6.07 Å². The molecule has 0 saturated heterocycles. The fourth-order valence-corrected chi connectivity index (χ4v) is 5.85. The van der Waals surface area contributed by atoms with Crippen molar-refractivity contribution in [2.45, 2.75) is 31.0 Å². The molecule has 1 amide bonds. The monoisotopic (exact) mass is 688 g/mol. The number of aliphatic hydroxyl groups excluding tert-OH is 1. The Hall–Kier alpha value is -6.07. The lowest BCUT2D eigenvalue weighted by atomic mass is 9.81. The minimum atomic E-state index is -1.67. The van der Waals surface area contributed by atoms with Gasteiger partial charge in [-0.3, -0.25) is 10.2 Å². The molecule has 6 rings (SSSR count). The molecule has 10 nitrogen and oxygen atoms in total. The molecule has 0 aromatic heterocycles. The maximum atomic E-state index is 14.6.